The third-order valence-electron chi connectivity index (χ3n) is 3.82. The predicted octanol–water partition coefficient (Wildman–Crippen LogP) is 3.00. The van der Waals surface area contributed by atoms with E-state index in [9.17, 15) is 15.0 Å². The minimum atomic E-state index is -0.276. The van der Waals surface area contributed by atoms with Crippen LogP contribution in [-0.4, -0.2) is 22.7 Å². The average molecular weight is 283 g/mol. The quantitative estimate of drug-likeness (QED) is 0.791. The van der Waals surface area contributed by atoms with Crippen LogP contribution in [0, 0.1) is 6.92 Å². The van der Waals surface area contributed by atoms with Crippen LogP contribution in [0.5, 0.6) is 11.5 Å². The molecule has 1 heterocycles. The van der Waals surface area contributed by atoms with E-state index in [0.29, 0.717) is 12.1 Å². The van der Waals surface area contributed by atoms with Crippen molar-refractivity contribution in [3.05, 3.63) is 53.1 Å². The van der Waals surface area contributed by atoms with Crippen molar-refractivity contribution in [2.24, 2.45) is 0 Å². The van der Waals surface area contributed by atoms with E-state index in [0.717, 1.165) is 18.5 Å². The molecule has 0 unspecified atom stereocenters. The van der Waals surface area contributed by atoms with Crippen LogP contribution < -0.4 is 4.90 Å². The molecule has 0 aliphatic carbocycles. The summed E-state index contributed by atoms with van der Waals surface area (Å²) in [6, 6.07) is 10.3. The van der Waals surface area contributed by atoms with Crippen molar-refractivity contribution in [1.29, 1.82) is 0 Å². The minimum absolute atomic E-state index is 0.157. The highest BCUT2D eigenvalue weighted by Crippen LogP contribution is 2.31. The zero-order valence-electron chi connectivity index (χ0n) is 11.8. The SMILES string of the molecule is Cc1ccc2c(c1)CCCN2C(=O)c1ccc(O)c(O)c1. The average Bonchev–Trinajstić information content (AvgIpc) is 2.48. The van der Waals surface area contributed by atoms with Crippen LogP contribution in [0.3, 0.4) is 0 Å². The molecule has 3 rings (SSSR count). The number of carbonyl (C=O) groups is 1. The van der Waals surface area contributed by atoms with Gasteiger partial charge in [0.2, 0.25) is 0 Å². The Balaban J connectivity index is 1.98. The second kappa shape index (κ2) is 5.13. The molecule has 0 bridgehead atoms. The summed E-state index contributed by atoms with van der Waals surface area (Å²) < 4.78 is 0. The number of fused-ring (bicyclic) bond motifs is 1. The highest BCUT2D eigenvalue weighted by Gasteiger charge is 2.24. The standard InChI is InChI=1S/C17H17NO3/c1-11-4-6-14-12(9-11)3-2-8-18(14)17(21)13-5-7-15(19)16(20)10-13/h4-7,9-10,19-20H,2-3,8H2,1H3. The molecular weight excluding hydrogens is 266 g/mol. The van der Waals surface area contributed by atoms with Crippen molar-refractivity contribution in [2.75, 3.05) is 11.4 Å². The van der Waals surface area contributed by atoms with E-state index in [1.807, 2.05) is 19.1 Å². The number of aryl methyl sites for hydroxylation is 2. The molecule has 1 aliphatic heterocycles. The van der Waals surface area contributed by atoms with E-state index in [1.54, 1.807) is 4.90 Å². The molecular formula is C17H17NO3. The molecule has 0 fully saturated rings. The Morgan fingerprint density at radius 2 is 1.90 bits per heavy atom. The fourth-order valence-electron chi connectivity index (χ4n) is 2.75. The van der Waals surface area contributed by atoms with Crippen molar-refractivity contribution in [2.45, 2.75) is 19.8 Å². The van der Waals surface area contributed by atoms with Crippen LogP contribution in [-0.2, 0) is 6.42 Å². The molecule has 0 atom stereocenters. The molecule has 0 saturated heterocycles. The van der Waals surface area contributed by atoms with Gasteiger partial charge in [-0.15, -0.1) is 0 Å². The van der Waals surface area contributed by atoms with Gasteiger partial charge >= 0.3 is 0 Å². The number of anilines is 1. The number of nitrogens with zero attached hydrogens (tertiary/aromatic N) is 1. The van der Waals surface area contributed by atoms with Gasteiger partial charge in [-0.1, -0.05) is 17.7 Å². The summed E-state index contributed by atoms with van der Waals surface area (Å²) in [6.45, 7) is 2.70. The van der Waals surface area contributed by atoms with Gasteiger partial charge in [-0.3, -0.25) is 4.79 Å². The summed E-state index contributed by atoms with van der Waals surface area (Å²) in [6.07, 6.45) is 1.90. The lowest BCUT2D eigenvalue weighted by Crippen LogP contribution is -2.35. The zero-order chi connectivity index (χ0) is 15.0. The molecule has 2 aromatic rings. The first kappa shape index (κ1) is 13.5. The number of aromatic hydroxyl groups is 2. The van der Waals surface area contributed by atoms with E-state index >= 15 is 0 Å². The third kappa shape index (κ3) is 2.44. The molecule has 108 valence electrons. The topological polar surface area (TPSA) is 60.8 Å². The van der Waals surface area contributed by atoms with E-state index in [4.69, 9.17) is 0 Å². The van der Waals surface area contributed by atoms with Crippen molar-refractivity contribution in [3.63, 3.8) is 0 Å². The number of benzene rings is 2. The van der Waals surface area contributed by atoms with E-state index in [1.165, 1.54) is 29.3 Å². The fourth-order valence-corrected chi connectivity index (χ4v) is 2.75. The summed E-state index contributed by atoms with van der Waals surface area (Å²) in [5.74, 6) is -0.654. The minimum Gasteiger partial charge on any atom is -0.504 e. The second-order valence-electron chi connectivity index (χ2n) is 5.40. The summed E-state index contributed by atoms with van der Waals surface area (Å²) in [7, 11) is 0. The first-order chi connectivity index (χ1) is 10.1. The van der Waals surface area contributed by atoms with Gasteiger partial charge in [0.05, 0.1) is 0 Å². The number of phenolic OH excluding ortho intramolecular Hbond substituents is 2. The predicted molar refractivity (Wildman–Crippen MR) is 80.9 cm³/mol. The molecule has 1 aliphatic rings. The fraction of sp³-hybridized carbons (Fsp3) is 0.235. The van der Waals surface area contributed by atoms with Crippen molar-refractivity contribution >= 4 is 11.6 Å². The lowest BCUT2D eigenvalue weighted by atomic mass is 9.99. The smallest absolute Gasteiger partial charge is 0.258 e. The summed E-state index contributed by atoms with van der Waals surface area (Å²) in [5.41, 5.74) is 3.67. The molecule has 0 radical (unpaired) electrons. The maximum Gasteiger partial charge on any atom is 0.258 e. The third-order valence-corrected chi connectivity index (χ3v) is 3.82. The van der Waals surface area contributed by atoms with Crippen LogP contribution in [0.15, 0.2) is 36.4 Å². The lowest BCUT2D eigenvalue weighted by Gasteiger charge is -2.30. The lowest BCUT2D eigenvalue weighted by molar-refractivity contribution is 0.0984. The number of hydrogen-bond acceptors (Lipinski definition) is 3. The summed E-state index contributed by atoms with van der Waals surface area (Å²) in [4.78, 5) is 14.4. The largest absolute Gasteiger partial charge is 0.504 e. The van der Waals surface area contributed by atoms with Gasteiger partial charge in [0.25, 0.3) is 5.91 Å². The normalized spacial score (nSPS) is 13.9. The van der Waals surface area contributed by atoms with Crippen molar-refractivity contribution in [3.8, 4) is 11.5 Å². The van der Waals surface area contributed by atoms with Crippen molar-refractivity contribution in [1.82, 2.24) is 0 Å². The van der Waals surface area contributed by atoms with Crippen LogP contribution in [0.1, 0.15) is 27.9 Å². The molecule has 4 heteroatoms. The van der Waals surface area contributed by atoms with Gasteiger partial charge in [0, 0.05) is 17.8 Å². The van der Waals surface area contributed by atoms with Crippen LogP contribution in [0.25, 0.3) is 0 Å². The van der Waals surface area contributed by atoms with Gasteiger partial charge in [0.1, 0.15) is 0 Å². The molecule has 21 heavy (non-hydrogen) atoms. The maximum absolute atomic E-state index is 12.6. The number of carbonyl (C=O) groups excluding carboxylic acids is 1. The van der Waals surface area contributed by atoms with Gasteiger partial charge in [-0.2, -0.15) is 0 Å². The van der Waals surface area contributed by atoms with Crippen LogP contribution in [0.2, 0.25) is 0 Å². The molecule has 1 amide bonds. The van der Waals surface area contributed by atoms with E-state index < -0.39 is 0 Å². The highest BCUT2D eigenvalue weighted by atomic mass is 16.3. The van der Waals surface area contributed by atoms with Gasteiger partial charge in [0.15, 0.2) is 11.5 Å². The van der Waals surface area contributed by atoms with Gasteiger partial charge in [-0.25, -0.2) is 0 Å². The van der Waals surface area contributed by atoms with Gasteiger partial charge in [-0.05, 0) is 49.6 Å². The second-order valence-corrected chi connectivity index (χ2v) is 5.40. The Bertz CT molecular complexity index is 709. The Labute approximate surface area is 123 Å². The molecule has 2 aromatic carbocycles. The Hall–Kier alpha value is -2.49. The van der Waals surface area contributed by atoms with Crippen LogP contribution >= 0.6 is 0 Å². The summed E-state index contributed by atoms with van der Waals surface area (Å²) in [5, 5.41) is 18.9. The first-order valence-corrected chi connectivity index (χ1v) is 6.99. The molecule has 0 aromatic heterocycles. The highest BCUT2D eigenvalue weighted by molar-refractivity contribution is 6.07. The zero-order valence-corrected chi connectivity index (χ0v) is 11.8. The van der Waals surface area contributed by atoms with Crippen molar-refractivity contribution < 1.29 is 15.0 Å². The van der Waals surface area contributed by atoms with Gasteiger partial charge < -0.3 is 15.1 Å². The number of amides is 1. The Morgan fingerprint density at radius 1 is 1.10 bits per heavy atom. The monoisotopic (exact) mass is 283 g/mol. The summed E-state index contributed by atoms with van der Waals surface area (Å²) >= 11 is 0. The Morgan fingerprint density at radius 3 is 2.67 bits per heavy atom. The molecule has 0 saturated carbocycles. The first-order valence-electron chi connectivity index (χ1n) is 6.99. The molecule has 4 nitrogen and oxygen atoms in total. The Kier molecular flexibility index (Phi) is 3.29. The van der Waals surface area contributed by atoms with E-state index in [2.05, 4.69) is 6.07 Å². The maximum atomic E-state index is 12.6. The molecule has 0 spiro atoms. The molecule has 2 N–H and O–H groups in total. The number of hydrogen-bond donors (Lipinski definition) is 2. The van der Waals surface area contributed by atoms with E-state index in [-0.39, 0.29) is 17.4 Å². The number of phenols is 2. The van der Waals surface area contributed by atoms with Crippen LogP contribution in [0.4, 0.5) is 5.69 Å². The number of rotatable bonds is 1.